The standard InChI is InChI=1S/C25H28N6O2/c32-24-17-20-7-4-8-22(20)29-31(24)16-13-26-25(33)19-11-14-30(15-12-19)23-10-9-21(27-28-23)18-5-2-1-3-6-18/h1-3,5-6,9-10,17,19H,4,7-8,11-16H2,(H,26,33). The van der Waals surface area contributed by atoms with E-state index in [2.05, 4.69) is 25.5 Å². The third-order valence-electron chi connectivity index (χ3n) is 6.56. The Kier molecular flexibility index (Phi) is 6.15. The van der Waals surface area contributed by atoms with Crippen molar-refractivity contribution in [3.8, 4) is 11.3 Å². The molecule has 0 saturated carbocycles. The molecular weight excluding hydrogens is 416 g/mol. The average molecular weight is 445 g/mol. The molecule has 3 heterocycles. The van der Waals surface area contributed by atoms with E-state index in [1.807, 2.05) is 42.5 Å². The molecule has 0 bridgehead atoms. The number of nitrogens with one attached hydrogen (secondary N) is 1. The van der Waals surface area contributed by atoms with Crippen LogP contribution in [-0.2, 0) is 24.2 Å². The maximum atomic E-state index is 12.6. The SMILES string of the molecule is O=C(NCCn1nc2c(cc1=O)CCC2)C1CCN(c2ccc(-c3ccccc3)nn2)CC1. The lowest BCUT2D eigenvalue weighted by Crippen LogP contribution is -2.42. The van der Waals surface area contributed by atoms with Crippen LogP contribution in [0.4, 0.5) is 5.82 Å². The predicted octanol–water partition coefficient (Wildman–Crippen LogP) is 2.22. The molecule has 1 amide bonds. The van der Waals surface area contributed by atoms with Crippen molar-refractivity contribution in [2.45, 2.75) is 38.6 Å². The third kappa shape index (κ3) is 4.79. The summed E-state index contributed by atoms with van der Waals surface area (Å²) in [4.78, 5) is 27.0. The van der Waals surface area contributed by atoms with Gasteiger partial charge in [0.2, 0.25) is 5.91 Å². The van der Waals surface area contributed by atoms with Gasteiger partial charge in [0, 0.05) is 37.2 Å². The molecular formula is C25H28N6O2. The summed E-state index contributed by atoms with van der Waals surface area (Å²) in [6.07, 6.45) is 4.47. The van der Waals surface area contributed by atoms with Crippen molar-refractivity contribution in [2.24, 2.45) is 5.92 Å². The summed E-state index contributed by atoms with van der Waals surface area (Å²) >= 11 is 0. The highest BCUT2D eigenvalue weighted by atomic mass is 16.2. The predicted molar refractivity (Wildman–Crippen MR) is 126 cm³/mol. The molecule has 1 N–H and O–H groups in total. The maximum Gasteiger partial charge on any atom is 0.267 e. The number of carbonyl (C=O) groups excluding carboxylic acids is 1. The van der Waals surface area contributed by atoms with Gasteiger partial charge in [-0.1, -0.05) is 30.3 Å². The lowest BCUT2D eigenvalue weighted by Gasteiger charge is -2.31. The maximum absolute atomic E-state index is 12.6. The van der Waals surface area contributed by atoms with Crippen LogP contribution in [0.3, 0.4) is 0 Å². The number of amides is 1. The van der Waals surface area contributed by atoms with Gasteiger partial charge in [0.25, 0.3) is 5.56 Å². The summed E-state index contributed by atoms with van der Waals surface area (Å²) in [5, 5.41) is 16.2. The number of anilines is 1. The van der Waals surface area contributed by atoms with Gasteiger partial charge in [0.1, 0.15) is 0 Å². The molecule has 3 aromatic rings. The molecule has 2 aromatic heterocycles. The van der Waals surface area contributed by atoms with E-state index in [1.54, 1.807) is 6.07 Å². The summed E-state index contributed by atoms with van der Waals surface area (Å²) in [5.74, 6) is 0.868. The first kappa shape index (κ1) is 21.3. The Morgan fingerprint density at radius 2 is 1.85 bits per heavy atom. The quantitative estimate of drug-likeness (QED) is 0.627. The van der Waals surface area contributed by atoms with Crippen molar-refractivity contribution in [2.75, 3.05) is 24.5 Å². The summed E-state index contributed by atoms with van der Waals surface area (Å²) in [7, 11) is 0. The number of fused-ring (bicyclic) bond motifs is 1. The molecule has 1 aliphatic heterocycles. The zero-order valence-electron chi connectivity index (χ0n) is 18.6. The molecule has 0 spiro atoms. The normalized spacial score (nSPS) is 15.9. The number of benzene rings is 1. The molecule has 33 heavy (non-hydrogen) atoms. The summed E-state index contributed by atoms with van der Waals surface area (Å²) in [5.41, 5.74) is 3.91. The smallest absolute Gasteiger partial charge is 0.267 e. The van der Waals surface area contributed by atoms with Crippen LogP contribution in [0.2, 0.25) is 0 Å². The monoisotopic (exact) mass is 444 g/mol. The summed E-state index contributed by atoms with van der Waals surface area (Å²) < 4.78 is 1.48. The molecule has 8 nitrogen and oxygen atoms in total. The Balaban J connectivity index is 1.10. The molecule has 1 aliphatic carbocycles. The number of rotatable bonds is 6. The van der Waals surface area contributed by atoms with E-state index in [9.17, 15) is 9.59 Å². The fourth-order valence-corrected chi connectivity index (χ4v) is 4.66. The van der Waals surface area contributed by atoms with Crippen LogP contribution in [0.5, 0.6) is 0 Å². The molecule has 0 atom stereocenters. The number of hydrogen-bond donors (Lipinski definition) is 1. The molecule has 8 heteroatoms. The number of aryl methyl sites for hydroxylation is 2. The van der Waals surface area contributed by atoms with Crippen LogP contribution in [0.1, 0.15) is 30.5 Å². The molecule has 1 aromatic carbocycles. The van der Waals surface area contributed by atoms with Crippen LogP contribution in [0.15, 0.2) is 53.3 Å². The molecule has 5 rings (SSSR count). The Bertz CT molecular complexity index is 1170. The highest BCUT2D eigenvalue weighted by Gasteiger charge is 2.25. The first-order valence-corrected chi connectivity index (χ1v) is 11.7. The zero-order chi connectivity index (χ0) is 22.6. The minimum atomic E-state index is -0.0856. The lowest BCUT2D eigenvalue weighted by atomic mass is 9.96. The van der Waals surface area contributed by atoms with E-state index >= 15 is 0 Å². The molecule has 170 valence electrons. The minimum Gasteiger partial charge on any atom is -0.355 e. The van der Waals surface area contributed by atoms with Crippen molar-refractivity contribution in [1.82, 2.24) is 25.3 Å². The number of aromatic nitrogens is 4. The Morgan fingerprint density at radius 3 is 2.61 bits per heavy atom. The highest BCUT2D eigenvalue weighted by molar-refractivity contribution is 5.78. The van der Waals surface area contributed by atoms with Gasteiger partial charge in [-0.25, -0.2) is 4.68 Å². The van der Waals surface area contributed by atoms with Gasteiger partial charge in [-0.3, -0.25) is 9.59 Å². The van der Waals surface area contributed by atoms with Gasteiger partial charge in [0.05, 0.1) is 17.9 Å². The molecule has 0 radical (unpaired) electrons. The Hall–Kier alpha value is -3.55. The average Bonchev–Trinajstić information content (AvgIpc) is 3.32. The zero-order valence-corrected chi connectivity index (χ0v) is 18.6. The van der Waals surface area contributed by atoms with Crippen molar-refractivity contribution in [1.29, 1.82) is 0 Å². The second-order valence-electron chi connectivity index (χ2n) is 8.73. The fourth-order valence-electron chi connectivity index (χ4n) is 4.66. The van der Waals surface area contributed by atoms with Crippen LogP contribution < -0.4 is 15.8 Å². The Labute approximate surface area is 192 Å². The van der Waals surface area contributed by atoms with E-state index in [0.717, 1.165) is 73.5 Å². The lowest BCUT2D eigenvalue weighted by molar-refractivity contribution is -0.125. The molecule has 2 aliphatic rings. The second-order valence-corrected chi connectivity index (χ2v) is 8.73. The number of hydrogen-bond acceptors (Lipinski definition) is 6. The van der Waals surface area contributed by atoms with Crippen LogP contribution >= 0.6 is 0 Å². The first-order chi connectivity index (χ1) is 16.2. The van der Waals surface area contributed by atoms with Gasteiger partial charge in [0.15, 0.2) is 5.82 Å². The van der Waals surface area contributed by atoms with Crippen molar-refractivity contribution >= 4 is 11.7 Å². The van der Waals surface area contributed by atoms with Gasteiger partial charge >= 0.3 is 0 Å². The molecule has 1 fully saturated rings. The first-order valence-electron chi connectivity index (χ1n) is 11.7. The van der Waals surface area contributed by atoms with E-state index in [0.29, 0.717) is 13.1 Å². The van der Waals surface area contributed by atoms with Crippen LogP contribution in [-0.4, -0.2) is 45.5 Å². The van der Waals surface area contributed by atoms with E-state index in [4.69, 9.17) is 0 Å². The van der Waals surface area contributed by atoms with Gasteiger partial charge in [-0.05, 0) is 49.8 Å². The summed E-state index contributed by atoms with van der Waals surface area (Å²) in [6, 6.07) is 15.7. The topological polar surface area (TPSA) is 93.0 Å². The van der Waals surface area contributed by atoms with E-state index in [-0.39, 0.29) is 17.4 Å². The van der Waals surface area contributed by atoms with Gasteiger partial charge in [-0.2, -0.15) is 5.10 Å². The number of carbonyl (C=O) groups is 1. The fraction of sp³-hybridized carbons (Fsp3) is 0.400. The van der Waals surface area contributed by atoms with Gasteiger partial charge < -0.3 is 10.2 Å². The van der Waals surface area contributed by atoms with Crippen LogP contribution in [0.25, 0.3) is 11.3 Å². The number of nitrogens with zero attached hydrogens (tertiary/aromatic N) is 5. The molecule has 1 saturated heterocycles. The number of piperidine rings is 1. The van der Waals surface area contributed by atoms with Crippen molar-refractivity contribution in [3.05, 3.63) is 70.1 Å². The minimum absolute atomic E-state index is 0.0255. The largest absolute Gasteiger partial charge is 0.355 e. The van der Waals surface area contributed by atoms with E-state index < -0.39 is 0 Å². The Morgan fingerprint density at radius 1 is 1.03 bits per heavy atom. The van der Waals surface area contributed by atoms with Crippen molar-refractivity contribution in [3.63, 3.8) is 0 Å². The van der Waals surface area contributed by atoms with E-state index in [1.165, 1.54) is 4.68 Å². The molecule has 0 unspecified atom stereocenters. The van der Waals surface area contributed by atoms with Gasteiger partial charge in [-0.15, -0.1) is 10.2 Å². The summed E-state index contributed by atoms with van der Waals surface area (Å²) in [6.45, 7) is 2.35. The second kappa shape index (κ2) is 9.52. The van der Waals surface area contributed by atoms with Crippen LogP contribution in [0, 0.1) is 5.92 Å². The third-order valence-corrected chi connectivity index (χ3v) is 6.56. The van der Waals surface area contributed by atoms with Crippen molar-refractivity contribution < 1.29 is 4.79 Å². The highest BCUT2D eigenvalue weighted by Crippen LogP contribution is 2.23.